The third kappa shape index (κ3) is 3.01. The van der Waals surface area contributed by atoms with Gasteiger partial charge in [-0.2, -0.15) is 0 Å². The van der Waals surface area contributed by atoms with Crippen LogP contribution in [-0.4, -0.2) is 39.2 Å². The molecule has 1 aromatic carbocycles. The first-order valence-corrected chi connectivity index (χ1v) is 8.89. The van der Waals surface area contributed by atoms with Crippen molar-refractivity contribution in [1.29, 1.82) is 0 Å². The molecule has 10 heteroatoms. The van der Waals surface area contributed by atoms with Gasteiger partial charge in [0.1, 0.15) is 15.4 Å². The minimum absolute atomic E-state index is 0.135. The van der Waals surface area contributed by atoms with Crippen LogP contribution in [0.1, 0.15) is 47.7 Å². The Morgan fingerprint density at radius 1 is 1.21 bits per heavy atom. The van der Waals surface area contributed by atoms with E-state index < -0.39 is 24.1 Å². The predicted molar refractivity (Wildman–Crippen MR) is 100 cm³/mol. The minimum atomic E-state index is -0.899. The summed E-state index contributed by atoms with van der Waals surface area (Å²) < 4.78 is 20.6. The minimum Gasteiger partial charge on any atom is -0.493 e. The Morgan fingerprint density at radius 2 is 1.93 bits per heavy atom. The van der Waals surface area contributed by atoms with Crippen molar-refractivity contribution in [2.24, 2.45) is 5.73 Å². The van der Waals surface area contributed by atoms with Crippen molar-refractivity contribution < 1.29 is 33.3 Å². The Bertz CT molecular complexity index is 983. The number of methoxy groups -OCH3 is 3. The Balaban J connectivity index is 2.05. The Hall–Kier alpha value is -3.27. The fraction of sp³-hybridized carbons (Fsp3) is 0.278. The van der Waals surface area contributed by atoms with E-state index in [4.69, 9.17) is 24.7 Å². The van der Waals surface area contributed by atoms with Gasteiger partial charge >= 0.3 is 11.9 Å². The lowest BCUT2D eigenvalue weighted by Gasteiger charge is -2.14. The van der Waals surface area contributed by atoms with Crippen LogP contribution in [0, 0.1) is 6.92 Å². The predicted octanol–water partition coefficient (Wildman–Crippen LogP) is 2.24. The summed E-state index contributed by atoms with van der Waals surface area (Å²) in [6.07, 6.45) is -0.899. The highest BCUT2D eigenvalue weighted by Crippen LogP contribution is 2.43. The number of anilines is 1. The monoisotopic (exact) mass is 406 g/mol. The van der Waals surface area contributed by atoms with E-state index in [1.165, 1.54) is 21.3 Å². The molecule has 0 saturated carbocycles. The molecule has 3 rings (SSSR count). The van der Waals surface area contributed by atoms with Gasteiger partial charge in [-0.15, -0.1) is 11.3 Å². The number of rotatable bonds is 6. The van der Waals surface area contributed by atoms with Crippen molar-refractivity contribution in [2.45, 2.75) is 13.2 Å². The van der Waals surface area contributed by atoms with Crippen molar-refractivity contribution >= 4 is 34.2 Å². The van der Waals surface area contributed by atoms with E-state index in [0.29, 0.717) is 21.9 Å². The number of primary amides is 1. The Labute approximate surface area is 164 Å². The molecule has 148 valence electrons. The fourth-order valence-corrected chi connectivity index (χ4v) is 4.17. The molecule has 3 N–H and O–H groups in total. The van der Waals surface area contributed by atoms with E-state index >= 15 is 0 Å². The van der Waals surface area contributed by atoms with Crippen molar-refractivity contribution in [2.75, 3.05) is 26.6 Å². The van der Waals surface area contributed by atoms with Gasteiger partial charge in [0, 0.05) is 5.56 Å². The van der Waals surface area contributed by atoms with Gasteiger partial charge in [-0.3, -0.25) is 4.79 Å². The van der Waals surface area contributed by atoms with Crippen LogP contribution in [0.25, 0.3) is 0 Å². The molecule has 0 aliphatic carbocycles. The van der Waals surface area contributed by atoms with Crippen molar-refractivity contribution in [3.05, 3.63) is 39.3 Å². The summed E-state index contributed by atoms with van der Waals surface area (Å²) in [5.41, 5.74) is 6.74. The molecule has 2 aromatic rings. The molecule has 1 aliphatic heterocycles. The lowest BCUT2D eigenvalue weighted by Crippen LogP contribution is -2.16. The number of thiophene rings is 1. The topological polar surface area (TPSA) is 126 Å². The first-order valence-electron chi connectivity index (χ1n) is 8.07. The van der Waals surface area contributed by atoms with Gasteiger partial charge in [-0.05, 0) is 24.6 Å². The normalized spacial score (nSPS) is 14.9. The number of carbonyl (C=O) groups excluding carboxylic acids is 3. The molecule has 0 bridgehead atoms. The maximum atomic E-state index is 12.4. The maximum Gasteiger partial charge on any atom is 0.348 e. The number of carbonyl (C=O) groups is 3. The summed E-state index contributed by atoms with van der Waals surface area (Å²) in [6.45, 7) is 1.59. The third-order valence-corrected chi connectivity index (χ3v) is 5.52. The van der Waals surface area contributed by atoms with Gasteiger partial charge in [0.25, 0.3) is 5.91 Å². The molecule has 1 aliphatic rings. The average Bonchev–Trinajstić information content (AvgIpc) is 3.17. The summed E-state index contributed by atoms with van der Waals surface area (Å²) in [4.78, 5) is 36.5. The number of cyclic esters (lactones) is 1. The number of hydrogen-bond donors (Lipinski definition) is 2. The molecule has 1 atom stereocenters. The summed E-state index contributed by atoms with van der Waals surface area (Å²) in [5, 5.41) is 3.27. The van der Waals surface area contributed by atoms with Crippen LogP contribution in [0.4, 0.5) is 5.00 Å². The number of esters is 2. The second-order valence-electron chi connectivity index (χ2n) is 5.81. The van der Waals surface area contributed by atoms with E-state index in [0.717, 1.165) is 11.3 Å². The van der Waals surface area contributed by atoms with E-state index in [-0.39, 0.29) is 21.8 Å². The van der Waals surface area contributed by atoms with E-state index in [1.54, 1.807) is 19.1 Å². The number of amides is 1. The molecule has 0 radical (unpaired) electrons. The SMILES string of the molecule is COC(=O)c1sc(NC2OC(=O)c3c2ccc(OC)c3OC)c(C(N)=O)c1C. The molecule has 28 heavy (non-hydrogen) atoms. The zero-order valence-corrected chi connectivity index (χ0v) is 16.4. The largest absolute Gasteiger partial charge is 0.493 e. The zero-order valence-electron chi connectivity index (χ0n) is 15.6. The lowest BCUT2D eigenvalue weighted by atomic mass is 10.1. The van der Waals surface area contributed by atoms with E-state index in [2.05, 4.69) is 5.32 Å². The van der Waals surface area contributed by atoms with Crippen LogP contribution in [0.3, 0.4) is 0 Å². The van der Waals surface area contributed by atoms with E-state index in [9.17, 15) is 14.4 Å². The molecule has 0 fully saturated rings. The second-order valence-corrected chi connectivity index (χ2v) is 6.83. The maximum absolute atomic E-state index is 12.4. The van der Waals surface area contributed by atoms with Crippen LogP contribution in [0.5, 0.6) is 11.5 Å². The van der Waals surface area contributed by atoms with Crippen molar-refractivity contribution in [1.82, 2.24) is 0 Å². The molecule has 2 heterocycles. The van der Waals surface area contributed by atoms with Gasteiger partial charge in [0.2, 0.25) is 6.23 Å². The first-order chi connectivity index (χ1) is 13.3. The molecule has 0 spiro atoms. The molecule has 0 saturated heterocycles. The Kier molecular flexibility index (Phi) is 5.14. The molecular formula is C18H18N2O7S. The van der Waals surface area contributed by atoms with Crippen molar-refractivity contribution in [3.8, 4) is 11.5 Å². The van der Waals surface area contributed by atoms with Crippen LogP contribution < -0.4 is 20.5 Å². The summed E-state index contributed by atoms with van der Waals surface area (Å²) in [5.74, 6) is -1.28. The molecule has 1 aromatic heterocycles. The summed E-state index contributed by atoms with van der Waals surface area (Å²) >= 11 is 0.994. The highest BCUT2D eigenvalue weighted by atomic mass is 32.1. The number of ether oxygens (including phenoxy) is 4. The summed E-state index contributed by atoms with van der Waals surface area (Å²) in [7, 11) is 4.12. The molecule has 1 amide bonds. The third-order valence-electron chi connectivity index (χ3n) is 4.32. The van der Waals surface area contributed by atoms with Crippen LogP contribution >= 0.6 is 11.3 Å². The first kappa shape index (κ1) is 19.5. The molecule has 9 nitrogen and oxygen atoms in total. The van der Waals surface area contributed by atoms with Gasteiger partial charge in [0.15, 0.2) is 11.5 Å². The smallest absolute Gasteiger partial charge is 0.348 e. The van der Waals surface area contributed by atoms with Gasteiger partial charge in [-0.25, -0.2) is 9.59 Å². The molecular weight excluding hydrogens is 388 g/mol. The number of hydrogen-bond acceptors (Lipinski definition) is 9. The van der Waals surface area contributed by atoms with Gasteiger partial charge in [-0.1, -0.05) is 0 Å². The van der Waals surface area contributed by atoms with Crippen LogP contribution in [0.2, 0.25) is 0 Å². The number of benzene rings is 1. The highest BCUT2D eigenvalue weighted by Gasteiger charge is 2.37. The summed E-state index contributed by atoms with van der Waals surface area (Å²) in [6, 6.07) is 3.30. The van der Waals surface area contributed by atoms with Crippen LogP contribution in [0.15, 0.2) is 12.1 Å². The number of nitrogens with two attached hydrogens (primary N) is 1. The highest BCUT2D eigenvalue weighted by molar-refractivity contribution is 7.18. The standard InChI is InChI=1S/C18H18N2O7S/c1-7-10(14(19)21)16(28-13(7)18(23)26-4)20-15-8-5-6-9(24-2)12(25-3)11(8)17(22)27-15/h5-6,15,20H,1-4H3,(H2,19,21). The van der Waals surface area contributed by atoms with Gasteiger partial charge < -0.3 is 30.0 Å². The quantitative estimate of drug-likeness (QED) is 0.700. The Morgan fingerprint density at radius 3 is 2.50 bits per heavy atom. The second kappa shape index (κ2) is 7.39. The lowest BCUT2D eigenvalue weighted by molar-refractivity contribution is 0.0435. The number of fused-ring (bicyclic) bond motifs is 1. The van der Waals surface area contributed by atoms with E-state index in [1.807, 2.05) is 0 Å². The zero-order chi connectivity index (χ0) is 20.6. The van der Waals surface area contributed by atoms with Gasteiger partial charge in [0.05, 0.1) is 26.9 Å². The average molecular weight is 406 g/mol. The number of nitrogens with one attached hydrogen (secondary N) is 1. The molecule has 1 unspecified atom stereocenters. The van der Waals surface area contributed by atoms with Crippen LogP contribution in [-0.2, 0) is 9.47 Å². The fourth-order valence-electron chi connectivity index (χ4n) is 3.03. The van der Waals surface area contributed by atoms with Crippen molar-refractivity contribution in [3.63, 3.8) is 0 Å².